The van der Waals surface area contributed by atoms with Crippen molar-refractivity contribution in [2.75, 3.05) is 5.43 Å². The molecule has 0 saturated heterocycles. The number of halogens is 4. The van der Waals surface area contributed by atoms with Crippen LogP contribution in [0, 0.1) is 17.1 Å². The summed E-state index contributed by atoms with van der Waals surface area (Å²) in [7, 11) is 0. The van der Waals surface area contributed by atoms with E-state index in [1.807, 2.05) is 6.07 Å². The lowest BCUT2D eigenvalue weighted by Gasteiger charge is -2.19. The van der Waals surface area contributed by atoms with Gasteiger partial charge in [0.15, 0.2) is 0 Å². The maximum atomic E-state index is 14.9. The van der Waals surface area contributed by atoms with Crippen molar-refractivity contribution in [2.45, 2.75) is 69.6 Å². The lowest BCUT2D eigenvalue weighted by Crippen LogP contribution is -2.42. The van der Waals surface area contributed by atoms with Crippen LogP contribution in [-0.4, -0.2) is 21.8 Å². The molecular formula is C25H25F4N5. The van der Waals surface area contributed by atoms with Gasteiger partial charge in [0, 0.05) is 11.4 Å². The molecule has 2 aliphatic rings. The Balaban J connectivity index is 1.57. The van der Waals surface area contributed by atoms with Crippen LogP contribution >= 0.6 is 0 Å². The average Bonchev–Trinajstić information content (AvgIpc) is 3.41. The molecule has 3 aromatic rings. The molecule has 34 heavy (non-hydrogen) atoms. The highest BCUT2D eigenvalue weighted by molar-refractivity contribution is 5.95. The number of nitriles is 1. The molecule has 0 bridgehead atoms. The van der Waals surface area contributed by atoms with Crippen LogP contribution in [0.3, 0.4) is 0 Å². The zero-order chi connectivity index (χ0) is 24.0. The van der Waals surface area contributed by atoms with Crippen molar-refractivity contribution < 1.29 is 17.6 Å². The number of nitrogens with zero attached hydrogens (tertiary/aromatic N) is 3. The molecular weight excluding hydrogens is 446 g/mol. The zero-order valence-electron chi connectivity index (χ0n) is 18.7. The first kappa shape index (κ1) is 22.7. The van der Waals surface area contributed by atoms with E-state index in [9.17, 15) is 22.8 Å². The van der Waals surface area contributed by atoms with E-state index in [-0.39, 0.29) is 17.8 Å². The Labute approximate surface area is 194 Å². The molecule has 2 N–H and O–H groups in total. The summed E-state index contributed by atoms with van der Waals surface area (Å²) in [6, 6.07) is 7.40. The summed E-state index contributed by atoms with van der Waals surface area (Å²) < 4.78 is 55.3. The largest absolute Gasteiger partial charge is 0.405 e. The predicted molar refractivity (Wildman–Crippen MR) is 122 cm³/mol. The minimum atomic E-state index is -4.38. The van der Waals surface area contributed by atoms with Crippen molar-refractivity contribution in [3.05, 3.63) is 47.4 Å². The second-order valence-electron chi connectivity index (χ2n) is 9.27. The van der Waals surface area contributed by atoms with Gasteiger partial charge in [-0.25, -0.2) is 9.82 Å². The molecule has 0 radical (unpaired) electrons. The topological polar surface area (TPSA) is 65.7 Å². The van der Waals surface area contributed by atoms with Gasteiger partial charge in [0.25, 0.3) is 0 Å². The standard InChI is InChI=1S/C25H25F4N5/c1-14(25(27,28)29)32-33-16-8-9-22(31-13-16)24-20(12-30)19-10-21(26)18(15-6-7-15)11-23(19)34(24)17-4-2-3-5-17/h8-11,13-15,17,32-33H,2-7H2,1H3/t14-/m1/s1. The molecule has 2 saturated carbocycles. The van der Waals surface area contributed by atoms with Crippen LogP contribution in [0.15, 0.2) is 30.5 Å². The van der Waals surface area contributed by atoms with E-state index in [0.29, 0.717) is 33.6 Å². The fourth-order valence-corrected chi connectivity index (χ4v) is 4.84. The number of nitrogens with one attached hydrogen (secondary N) is 2. The Morgan fingerprint density at radius 1 is 1.15 bits per heavy atom. The van der Waals surface area contributed by atoms with Crippen LogP contribution in [0.2, 0.25) is 0 Å². The number of hydrogen-bond donors (Lipinski definition) is 2. The third-order valence-corrected chi connectivity index (χ3v) is 6.87. The highest BCUT2D eigenvalue weighted by Gasteiger charge is 2.36. The van der Waals surface area contributed by atoms with Crippen molar-refractivity contribution in [2.24, 2.45) is 0 Å². The fraction of sp³-hybridized carbons (Fsp3) is 0.440. The van der Waals surface area contributed by atoms with Crippen molar-refractivity contribution in [1.82, 2.24) is 15.0 Å². The molecule has 0 unspecified atom stereocenters. The van der Waals surface area contributed by atoms with Gasteiger partial charge in [-0.15, -0.1) is 0 Å². The second-order valence-corrected chi connectivity index (χ2v) is 9.27. The summed E-state index contributed by atoms with van der Waals surface area (Å²) in [6.07, 6.45) is 3.11. The van der Waals surface area contributed by atoms with Crippen LogP contribution in [0.4, 0.5) is 23.2 Å². The molecule has 5 nitrogen and oxygen atoms in total. The van der Waals surface area contributed by atoms with Gasteiger partial charge in [-0.2, -0.15) is 18.4 Å². The molecule has 2 aliphatic carbocycles. The first-order valence-corrected chi connectivity index (χ1v) is 11.6. The summed E-state index contributed by atoms with van der Waals surface area (Å²) in [5.74, 6) is -0.0422. The monoisotopic (exact) mass is 471 g/mol. The van der Waals surface area contributed by atoms with Crippen LogP contribution < -0.4 is 10.9 Å². The molecule has 0 spiro atoms. The zero-order valence-corrected chi connectivity index (χ0v) is 18.7. The molecule has 9 heteroatoms. The maximum absolute atomic E-state index is 14.9. The van der Waals surface area contributed by atoms with E-state index in [4.69, 9.17) is 0 Å². The number of pyridine rings is 1. The highest BCUT2D eigenvalue weighted by Crippen LogP contribution is 2.46. The number of rotatable bonds is 6. The Bertz CT molecular complexity index is 1250. The predicted octanol–water partition coefficient (Wildman–Crippen LogP) is 6.57. The third kappa shape index (κ3) is 4.11. The minimum Gasteiger partial charge on any atom is -0.335 e. The summed E-state index contributed by atoms with van der Waals surface area (Å²) >= 11 is 0. The lowest BCUT2D eigenvalue weighted by molar-refractivity contribution is -0.150. The SMILES string of the molecule is C[C@@H](NNc1ccc(-c2c(C#N)c3cc(F)c(C4CC4)cc3n2C2CCCC2)nc1)C(F)(F)F. The average molecular weight is 472 g/mol. The maximum Gasteiger partial charge on any atom is 0.405 e. The summed E-state index contributed by atoms with van der Waals surface area (Å²) in [5.41, 5.74) is 8.22. The molecule has 1 aromatic carbocycles. The number of aromatic nitrogens is 2. The number of anilines is 1. The van der Waals surface area contributed by atoms with E-state index >= 15 is 0 Å². The summed E-state index contributed by atoms with van der Waals surface area (Å²) in [5, 5.41) is 10.6. The molecule has 2 fully saturated rings. The number of fused-ring (bicyclic) bond motifs is 1. The minimum absolute atomic E-state index is 0.186. The molecule has 0 amide bonds. The van der Waals surface area contributed by atoms with Gasteiger partial charge in [0.2, 0.25) is 0 Å². The summed E-state index contributed by atoms with van der Waals surface area (Å²) in [6.45, 7) is 1.02. The van der Waals surface area contributed by atoms with Gasteiger partial charge in [-0.1, -0.05) is 12.8 Å². The van der Waals surface area contributed by atoms with Gasteiger partial charge < -0.3 is 9.99 Å². The van der Waals surface area contributed by atoms with E-state index in [1.165, 1.54) is 12.3 Å². The second kappa shape index (κ2) is 8.58. The Hall–Kier alpha value is -3.12. The summed E-state index contributed by atoms with van der Waals surface area (Å²) in [4.78, 5) is 4.47. The van der Waals surface area contributed by atoms with Gasteiger partial charge in [-0.05, 0) is 68.4 Å². The van der Waals surface area contributed by atoms with E-state index < -0.39 is 12.2 Å². The molecule has 2 aromatic heterocycles. The van der Waals surface area contributed by atoms with Crippen LogP contribution in [-0.2, 0) is 0 Å². The molecule has 5 rings (SSSR count). The Morgan fingerprint density at radius 3 is 2.47 bits per heavy atom. The van der Waals surface area contributed by atoms with Crippen LogP contribution in [0.25, 0.3) is 22.3 Å². The molecule has 0 aliphatic heterocycles. The molecule has 1 atom stereocenters. The fourth-order valence-electron chi connectivity index (χ4n) is 4.84. The van der Waals surface area contributed by atoms with Crippen LogP contribution in [0.5, 0.6) is 0 Å². The van der Waals surface area contributed by atoms with Gasteiger partial charge >= 0.3 is 6.18 Å². The quantitative estimate of drug-likeness (QED) is 0.315. The number of hydrogen-bond acceptors (Lipinski definition) is 4. The first-order valence-electron chi connectivity index (χ1n) is 11.6. The van der Waals surface area contributed by atoms with Crippen molar-refractivity contribution in [1.29, 1.82) is 5.26 Å². The van der Waals surface area contributed by atoms with E-state index in [1.54, 1.807) is 12.1 Å². The van der Waals surface area contributed by atoms with E-state index in [2.05, 4.69) is 26.5 Å². The first-order chi connectivity index (χ1) is 16.3. The van der Waals surface area contributed by atoms with Gasteiger partial charge in [0.05, 0.1) is 34.4 Å². The van der Waals surface area contributed by atoms with Gasteiger partial charge in [-0.3, -0.25) is 4.98 Å². The normalized spacial score (nSPS) is 17.8. The number of benzene rings is 1. The molecule has 2 heterocycles. The number of alkyl halides is 3. The lowest BCUT2D eigenvalue weighted by atomic mass is 10.0. The van der Waals surface area contributed by atoms with E-state index in [0.717, 1.165) is 51.0 Å². The third-order valence-electron chi connectivity index (χ3n) is 6.87. The Morgan fingerprint density at radius 2 is 1.88 bits per heavy atom. The van der Waals surface area contributed by atoms with Crippen molar-refractivity contribution >= 4 is 16.6 Å². The van der Waals surface area contributed by atoms with Gasteiger partial charge in [0.1, 0.15) is 17.9 Å². The number of hydrazine groups is 1. The van der Waals surface area contributed by atoms with Crippen molar-refractivity contribution in [3.8, 4) is 17.5 Å². The molecule has 178 valence electrons. The van der Waals surface area contributed by atoms with Crippen molar-refractivity contribution in [3.63, 3.8) is 0 Å². The Kier molecular flexibility index (Phi) is 5.72. The highest BCUT2D eigenvalue weighted by atomic mass is 19.4. The smallest absolute Gasteiger partial charge is 0.335 e. The van der Waals surface area contributed by atoms with Crippen LogP contribution in [0.1, 0.15) is 68.5 Å².